The lowest BCUT2D eigenvalue weighted by molar-refractivity contribution is -0.00198. The molecule has 1 aliphatic carbocycles. The number of fused-ring (bicyclic) bond motifs is 2. The molecule has 0 radical (unpaired) electrons. The number of hydrogen-bond acceptors (Lipinski definition) is 8. The number of alkyl halides is 2. The van der Waals surface area contributed by atoms with Crippen molar-refractivity contribution < 1.29 is 13.9 Å². The highest BCUT2D eigenvalue weighted by Crippen LogP contribution is 2.33. The van der Waals surface area contributed by atoms with Gasteiger partial charge in [0.1, 0.15) is 17.6 Å². The molecule has 0 bridgehead atoms. The van der Waals surface area contributed by atoms with Crippen LogP contribution in [0.4, 0.5) is 20.5 Å². The number of nitrogen functional groups attached to an aromatic ring is 1. The first-order valence-corrected chi connectivity index (χ1v) is 11.0. The van der Waals surface area contributed by atoms with Crippen LogP contribution in [-0.2, 0) is 6.54 Å². The minimum atomic E-state index is -2.56. The smallest absolute Gasteiger partial charge is 0.258 e. The van der Waals surface area contributed by atoms with Gasteiger partial charge < -0.3 is 16.2 Å². The largest absolute Gasteiger partial charge is 0.390 e. The Morgan fingerprint density at radius 2 is 2.03 bits per heavy atom. The Labute approximate surface area is 187 Å². The molecule has 0 saturated heterocycles. The van der Waals surface area contributed by atoms with Gasteiger partial charge in [0, 0.05) is 17.8 Å². The van der Waals surface area contributed by atoms with Gasteiger partial charge in [-0.2, -0.15) is 4.98 Å². The van der Waals surface area contributed by atoms with Crippen LogP contribution in [-0.4, -0.2) is 57.8 Å². The summed E-state index contributed by atoms with van der Waals surface area (Å²) in [6, 6.07) is 5.39. The second-order valence-corrected chi connectivity index (χ2v) is 8.54. The molecule has 0 aromatic carbocycles. The zero-order chi connectivity index (χ0) is 23.2. The highest BCUT2D eigenvalue weighted by atomic mass is 19.3. The van der Waals surface area contributed by atoms with Crippen LogP contribution in [0.1, 0.15) is 39.0 Å². The van der Waals surface area contributed by atoms with Crippen LogP contribution in [0.5, 0.6) is 0 Å². The molecule has 0 spiro atoms. The first-order valence-electron chi connectivity index (χ1n) is 11.0. The zero-order valence-corrected chi connectivity index (χ0v) is 18.1. The summed E-state index contributed by atoms with van der Waals surface area (Å²) in [5.74, 6) is 0.686. The maximum absolute atomic E-state index is 12.9. The second kappa shape index (κ2) is 8.18. The molecule has 4 heterocycles. The van der Waals surface area contributed by atoms with Crippen molar-refractivity contribution in [1.29, 1.82) is 0 Å². The molecule has 4 aromatic heterocycles. The molecule has 4 N–H and O–H groups in total. The molecule has 1 fully saturated rings. The van der Waals surface area contributed by atoms with E-state index in [0.717, 1.165) is 36.8 Å². The van der Waals surface area contributed by atoms with Crippen LogP contribution in [0.3, 0.4) is 0 Å². The number of anilines is 2. The van der Waals surface area contributed by atoms with E-state index in [1.54, 1.807) is 22.8 Å². The van der Waals surface area contributed by atoms with Gasteiger partial charge in [-0.1, -0.05) is 12.1 Å². The predicted octanol–water partition coefficient (Wildman–Crippen LogP) is 2.88. The van der Waals surface area contributed by atoms with Gasteiger partial charge in [0.25, 0.3) is 6.43 Å². The average molecular weight is 457 g/mol. The zero-order valence-electron chi connectivity index (χ0n) is 18.1. The van der Waals surface area contributed by atoms with E-state index in [-0.39, 0.29) is 17.5 Å². The summed E-state index contributed by atoms with van der Waals surface area (Å²) < 4.78 is 28.4. The number of nitrogens with zero attached hydrogens (tertiary/aromatic N) is 7. The topological polar surface area (TPSA) is 132 Å². The van der Waals surface area contributed by atoms with Crippen LogP contribution in [0.2, 0.25) is 0 Å². The summed E-state index contributed by atoms with van der Waals surface area (Å²) in [5.41, 5.74) is 8.20. The molecule has 4 aromatic rings. The second-order valence-electron chi connectivity index (χ2n) is 8.54. The Morgan fingerprint density at radius 1 is 1.24 bits per heavy atom. The molecule has 0 aliphatic heterocycles. The number of aromatic nitrogens is 7. The molecule has 174 valence electrons. The molecule has 0 amide bonds. The van der Waals surface area contributed by atoms with Crippen molar-refractivity contribution in [3.8, 4) is 11.3 Å². The monoisotopic (exact) mass is 457 g/mol. The standard InChI is InChI=1S/C21H25F2N9O/c1-2-21(33)8-5-12(6-9-21)25-20-27-18(24)17-13(7-10-31(17)29-20)14-3-4-15-19(26-14)32(30-28-15)11-16(22)23/h3-4,7,10,12,16,33H,2,5-6,8-9,11H2,1H3,(H3,24,25,27,29). The van der Waals surface area contributed by atoms with E-state index in [9.17, 15) is 13.9 Å². The molecule has 10 nitrogen and oxygen atoms in total. The van der Waals surface area contributed by atoms with E-state index in [1.165, 1.54) is 0 Å². The Kier molecular flexibility index (Phi) is 5.31. The van der Waals surface area contributed by atoms with Gasteiger partial charge in [-0.15, -0.1) is 10.2 Å². The van der Waals surface area contributed by atoms with Gasteiger partial charge in [0.05, 0.1) is 11.3 Å². The van der Waals surface area contributed by atoms with Crippen molar-refractivity contribution in [2.24, 2.45) is 0 Å². The fourth-order valence-electron chi connectivity index (χ4n) is 4.41. The molecule has 5 rings (SSSR count). The third kappa shape index (κ3) is 4.06. The molecule has 1 aliphatic rings. The van der Waals surface area contributed by atoms with E-state index in [0.29, 0.717) is 28.2 Å². The minimum absolute atomic E-state index is 0.162. The number of aliphatic hydroxyl groups is 1. The molecule has 33 heavy (non-hydrogen) atoms. The quantitative estimate of drug-likeness (QED) is 0.403. The Bertz CT molecular complexity index is 1290. The van der Waals surface area contributed by atoms with Crippen molar-refractivity contribution in [2.75, 3.05) is 11.1 Å². The number of rotatable bonds is 6. The van der Waals surface area contributed by atoms with Gasteiger partial charge in [-0.3, -0.25) is 0 Å². The lowest BCUT2D eigenvalue weighted by Crippen LogP contribution is -2.38. The van der Waals surface area contributed by atoms with Crippen LogP contribution in [0, 0.1) is 0 Å². The fraction of sp³-hybridized carbons (Fsp3) is 0.476. The van der Waals surface area contributed by atoms with Gasteiger partial charge in [-0.25, -0.2) is 23.0 Å². The van der Waals surface area contributed by atoms with Crippen LogP contribution >= 0.6 is 0 Å². The van der Waals surface area contributed by atoms with Crippen molar-refractivity contribution in [2.45, 2.75) is 63.6 Å². The Hall–Kier alpha value is -3.41. The SMILES string of the molecule is CCC1(O)CCC(Nc2nc(N)c3c(-c4ccc5nnn(CC(F)F)c5n4)ccn3n2)CC1. The lowest BCUT2D eigenvalue weighted by Gasteiger charge is -2.35. The molecule has 12 heteroatoms. The molecular formula is C21H25F2N9O. The average Bonchev–Trinajstić information content (AvgIpc) is 3.39. The first-order chi connectivity index (χ1) is 15.8. The van der Waals surface area contributed by atoms with Crippen molar-refractivity contribution in [3.05, 3.63) is 24.4 Å². The summed E-state index contributed by atoms with van der Waals surface area (Å²) in [5, 5.41) is 26.0. The van der Waals surface area contributed by atoms with E-state index >= 15 is 0 Å². The van der Waals surface area contributed by atoms with Gasteiger partial charge in [-0.05, 0) is 50.3 Å². The minimum Gasteiger partial charge on any atom is -0.390 e. The third-order valence-corrected chi connectivity index (χ3v) is 6.39. The van der Waals surface area contributed by atoms with Crippen LogP contribution in [0.25, 0.3) is 27.9 Å². The van der Waals surface area contributed by atoms with Gasteiger partial charge >= 0.3 is 0 Å². The van der Waals surface area contributed by atoms with Crippen molar-refractivity contribution in [1.82, 2.24) is 34.6 Å². The summed E-state index contributed by atoms with van der Waals surface area (Å²) in [4.78, 5) is 8.94. The van der Waals surface area contributed by atoms with E-state index in [2.05, 4.69) is 30.7 Å². The summed E-state index contributed by atoms with van der Waals surface area (Å²) in [6.07, 6.45) is 3.06. The summed E-state index contributed by atoms with van der Waals surface area (Å²) in [6.45, 7) is 1.42. The van der Waals surface area contributed by atoms with E-state index in [4.69, 9.17) is 5.73 Å². The highest BCUT2D eigenvalue weighted by molar-refractivity contribution is 5.88. The molecule has 0 atom stereocenters. The predicted molar refractivity (Wildman–Crippen MR) is 119 cm³/mol. The van der Waals surface area contributed by atoms with Crippen LogP contribution in [0.15, 0.2) is 24.4 Å². The number of nitrogens with one attached hydrogen (secondary N) is 1. The van der Waals surface area contributed by atoms with E-state index in [1.807, 2.05) is 13.0 Å². The first kappa shape index (κ1) is 21.4. The normalized spacial score (nSPS) is 21.3. The molecular weight excluding hydrogens is 432 g/mol. The lowest BCUT2D eigenvalue weighted by atomic mass is 9.80. The maximum Gasteiger partial charge on any atom is 0.258 e. The number of pyridine rings is 1. The van der Waals surface area contributed by atoms with Gasteiger partial charge in [0.2, 0.25) is 5.95 Å². The highest BCUT2D eigenvalue weighted by Gasteiger charge is 2.31. The molecule has 1 saturated carbocycles. The fourth-order valence-corrected chi connectivity index (χ4v) is 4.41. The summed E-state index contributed by atoms with van der Waals surface area (Å²) in [7, 11) is 0. The Balaban J connectivity index is 1.43. The number of hydrogen-bond donors (Lipinski definition) is 3. The maximum atomic E-state index is 12.9. The van der Waals surface area contributed by atoms with Gasteiger partial charge in [0.15, 0.2) is 11.5 Å². The van der Waals surface area contributed by atoms with E-state index < -0.39 is 18.6 Å². The van der Waals surface area contributed by atoms with Crippen molar-refractivity contribution >= 4 is 28.4 Å². The number of nitrogens with two attached hydrogens (primary N) is 1. The van der Waals surface area contributed by atoms with Crippen molar-refractivity contribution in [3.63, 3.8) is 0 Å². The Morgan fingerprint density at radius 3 is 2.76 bits per heavy atom. The number of halogens is 2. The van der Waals surface area contributed by atoms with Crippen LogP contribution < -0.4 is 11.1 Å². The summed E-state index contributed by atoms with van der Waals surface area (Å²) >= 11 is 0. The third-order valence-electron chi connectivity index (χ3n) is 6.39. The molecule has 0 unspecified atom stereocenters.